The number of carbonyl (C=O) groups excluding carboxylic acids is 1. The van der Waals surface area contributed by atoms with Crippen molar-refractivity contribution >= 4 is 17.5 Å². The molecule has 0 bridgehead atoms. The number of aliphatic hydroxyl groups is 1. The average molecular weight is 338 g/mol. The van der Waals surface area contributed by atoms with Crippen molar-refractivity contribution in [3.63, 3.8) is 0 Å². The molecule has 1 atom stereocenters. The van der Waals surface area contributed by atoms with E-state index in [0.29, 0.717) is 41.0 Å². The van der Waals surface area contributed by atoms with Crippen molar-refractivity contribution < 1.29 is 19.4 Å². The molecule has 8 heteroatoms. The monoisotopic (exact) mass is 337 g/mol. The largest absolute Gasteiger partial charge is 0.486 e. The van der Waals surface area contributed by atoms with E-state index in [9.17, 15) is 9.90 Å². The summed E-state index contributed by atoms with van der Waals surface area (Å²) in [7, 11) is 0. The van der Waals surface area contributed by atoms with Crippen LogP contribution in [0, 0.1) is 0 Å². The predicted octanol–water partition coefficient (Wildman–Crippen LogP) is 1.23. The number of halogens is 1. The van der Waals surface area contributed by atoms with Crippen LogP contribution in [0.1, 0.15) is 17.4 Å². The molecule has 2 aromatic rings. The maximum absolute atomic E-state index is 11.8. The number of ether oxygens (including phenoxy) is 2. The second kappa shape index (κ2) is 6.89. The molecular formula is C15H16ClN3O4. The molecule has 0 spiro atoms. The molecule has 0 saturated heterocycles. The van der Waals surface area contributed by atoms with E-state index < -0.39 is 6.10 Å². The van der Waals surface area contributed by atoms with E-state index >= 15 is 0 Å². The number of aromatic nitrogens is 2. The van der Waals surface area contributed by atoms with E-state index in [0.717, 1.165) is 0 Å². The Balaban J connectivity index is 1.60. The molecule has 3 N–H and O–H groups in total. The van der Waals surface area contributed by atoms with Gasteiger partial charge in [-0.25, -0.2) is 0 Å². The van der Waals surface area contributed by atoms with Crippen LogP contribution in [0.25, 0.3) is 0 Å². The van der Waals surface area contributed by atoms with Gasteiger partial charge >= 0.3 is 0 Å². The predicted molar refractivity (Wildman–Crippen MR) is 82.7 cm³/mol. The molecule has 122 valence electrons. The van der Waals surface area contributed by atoms with Crippen LogP contribution in [-0.4, -0.2) is 41.0 Å². The minimum atomic E-state index is -0.894. The van der Waals surface area contributed by atoms with Crippen LogP contribution in [0.4, 0.5) is 0 Å². The number of benzene rings is 1. The lowest BCUT2D eigenvalue weighted by Gasteiger charge is -2.21. The number of aromatic amines is 1. The average Bonchev–Trinajstić information content (AvgIpc) is 3.05. The zero-order valence-corrected chi connectivity index (χ0v) is 13.0. The lowest BCUT2D eigenvalue weighted by atomic mass is 10.1. The molecular weight excluding hydrogens is 322 g/mol. The van der Waals surface area contributed by atoms with Crippen LogP contribution < -0.4 is 14.8 Å². The normalized spacial score (nSPS) is 14.3. The summed E-state index contributed by atoms with van der Waals surface area (Å²) in [6.07, 6.45) is 0.859. The number of rotatable bonds is 5. The standard InChI is InChI=1S/C15H16ClN3O4/c16-11-5-9(6-13-15(11)23-4-3-22-13)12(20)8-17-14(21)7-10-1-2-18-19-10/h1-2,5-6,12,20H,3-4,7-8H2,(H,17,21)(H,18,19)/t12-/m0/s1. The number of hydrogen-bond acceptors (Lipinski definition) is 5. The zero-order chi connectivity index (χ0) is 16.2. The summed E-state index contributed by atoms with van der Waals surface area (Å²) in [5.74, 6) is 0.774. The van der Waals surface area contributed by atoms with Crippen molar-refractivity contribution in [2.24, 2.45) is 0 Å². The Labute approximate surface area is 137 Å². The molecule has 1 aliphatic rings. The Morgan fingerprint density at radius 2 is 2.26 bits per heavy atom. The molecule has 2 heterocycles. The first-order valence-corrected chi connectivity index (χ1v) is 7.53. The van der Waals surface area contributed by atoms with Gasteiger partial charge in [-0.3, -0.25) is 9.89 Å². The summed E-state index contributed by atoms with van der Waals surface area (Å²) in [5, 5.41) is 19.8. The van der Waals surface area contributed by atoms with Gasteiger partial charge in [0, 0.05) is 18.4 Å². The fourth-order valence-corrected chi connectivity index (χ4v) is 2.54. The lowest BCUT2D eigenvalue weighted by Crippen LogP contribution is -2.29. The van der Waals surface area contributed by atoms with E-state index in [4.69, 9.17) is 21.1 Å². The van der Waals surface area contributed by atoms with Crippen LogP contribution in [-0.2, 0) is 11.2 Å². The number of hydrogen-bond donors (Lipinski definition) is 3. The van der Waals surface area contributed by atoms with Crippen LogP contribution in [0.15, 0.2) is 24.4 Å². The van der Waals surface area contributed by atoms with E-state index in [1.54, 1.807) is 24.4 Å². The summed E-state index contributed by atoms with van der Waals surface area (Å²) >= 11 is 6.13. The van der Waals surface area contributed by atoms with E-state index in [1.807, 2.05) is 0 Å². The lowest BCUT2D eigenvalue weighted by molar-refractivity contribution is -0.120. The Hall–Kier alpha value is -2.25. The summed E-state index contributed by atoms with van der Waals surface area (Å²) in [6, 6.07) is 5.00. The first-order chi connectivity index (χ1) is 11.1. The van der Waals surface area contributed by atoms with Gasteiger partial charge < -0.3 is 19.9 Å². The Kier molecular flexibility index (Phi) is 4.68. The molecule has 0 saturated carbocycles. The highest BCUT2D eigenvalue weighted by atomic mass is 35.5. The molecule has 0 unspecified atom stereocenters. The third-order valence-electron chi connectivity index (χ3n) is 3.41. The first-order valence-electron chi connectivity index (χ1n) is 7.15. The van der Waals surface area contributed by atoms with Crippen LogP contribution in [0.2, 0.25) is 5.02 Å². The smallest absolute Gasteiger partial charge is 0.226 e. The van der Waals surface area contributed by atoms with Gasteiger partial charge in [0.25, 0.3) is 0 Å². The third-order valence-corrected chi connectivity index (χ3v) is 3.69. The maximum Gasteiger partial charge on any atom is 0.226 e. The molecule has 3 rings (SSSR count). The number of nitrogens with zero attached hydrogens (tertiary/aromatic N) is 1. The first kappa shape index (κ1) is 15.6. The highest BCUT2D eigenvalue weighted by molar-refractivity contribution is 6.32. The molecule has 1 amide bonds. The second-order valence-electron chi connectivity index (χ2n) is 5.11. The maximum atomic E-state index is 11.8. The van der Waals surface area contributed by atoms with Crippen LogP contribution in [0.3, 0.4) is 0 Å². The van der Waals surface area contributed by atoms with Gasteiger partial charge in [0.05, 0.1) is 17.5 Å². The van der Waals surface area contributed by atoms with Crippen molar-refractivity contribution in [1.29, 1.82) is 0 Å². The second-order valence-corrected chi connectivity index (χ2v) is 5.51. The van der Waals surface area contributed by atoms with Gasteiger partial charge in [0.2, 0.25) is 5.91 Å². The molecule has 1 aliphatic heterocycles. The molecule has 7 nitrogen and oxygen atoms in total. The minimum absolute atomic E-state index is 0.0724. The minimum Gasteiger partial charge on any atom is -0.486 e. The number of amides is 1. The molecule has 0 fully saturated rings. The van der Waals surface area contributed by atoms with Gasteiger partial charge in [0.1, 0.15) is 13.2 Å². The van der Waals surface area contributed by atoms with Crippen molar-refractivity contribution in [3.05, 3.63) is 40.7 Å². The van der Waals surface area contributed by atoms with E-state index in [-0.39, 0.29) is 18.9 Å². The SMILES string of the molecule is O=C(Cc1ccn[nH]1)NC[C@H](O)c1cc(Cl)c2c(c1)OCCO2. The quantitative estimate of drug-likeness (QED) is 0.762. The molecule has 1 aromatic carbocycles. The number of aliphatic hydroxyl groups excluding tert-OH is 1. The van der Waals surface area contributed by atoms with Gasteiger partial charge in [-0.15, -0.1) is 0 Å². The van der Waals surface area contributed by atoms with Crippen LogP contribution >= 0.6 is 11.6 Å². The van der Waals surface area contributed by atoms with E-state index in [1.165, 1.54) is 0 Å². The fraction of sp³-hybridized carbons (Fsp3) is 0.333. The molecule has 0 aliphatic carbocycles. The highest BCUT2D eigenvalue weighted by Gasteiger charge is 2.20. The number of fused-ring (bicyclic) bond motifs is 1. The molecule has 0 radical (unpaired) electrons. The van der Waals surface area contributed by atoms with Gasteiger partial charge in [0.15, 0.2) is 11.5 Å². The summed E-state index contributed by atoms with van der Waals surface area (Å²) in [4.78, 5) is 11.8. The fourth-order valence-electron chi connectivity index (χ4n) is 2.27. The Bertz CT molecular complexity index is 690. The Morgan fingerprint density at radius 1 is 1.43 bits per heavy atom. The summed E-state index contributed by atoms with van der Waals surface area (Å²) < 4.78 is 10.9. The highest BCUT2D eigenvalue weighted by Crippen LogP contribution is 2.39. The van der Waals surface area contributed by atoms with Crippen molar-refractivity contribution in [2.75, 3.05) is 19.8 Å². The number of carbonyl (C=O) groups is 1. The third kappa shape index (κ3) is 3.75. The van der Waals surface area contributed by atoms with Gasteiger partial charge in [-0.2, -0.15) is 5.10 Å². The summed E-state index contributed by atoms with van der Waals surface area (Å²) in [6.45, 7) is 0.949. The van der Waals surface area contributed by atoms with Crippen molar-refractivity contribution in [2.45, 2.75) is 12.5 Å². The molecule has 1 aromatic heterocycles. The summed E-state index contributed by atoms with van der Waals surface area (Å²) in [5.41, 5.74) is 1.26. The van der Waals surface area contributed by atoms with Gasteiger partial charge in [-0.05, 0) is 23.8 Å². The van der Waals surface area contributed by atoms with Crippen molar-refractivity contribution in [1.82, 2.24) is 15.5 Å². The zero-order valence-electron chi connectivity index (χ0n) is 12.2. The van der Waals surface area contributed by atoms with Gasteiger partial charge in [-0.1, -0.05) is 11.6 Å². The van der Waals surface area contributed by atoms with Crippen LogP contribution in [0.5, 0.6) is 11.5 Å². The molecule has 23 heavy (non-hydrogen) atoms. The number of H-pyrrole nitrogens is 1. The topological polar surface area (TPSA) is 96.5 Å². The Morgan fingerprint density at radius 3 is 3.04 bits per heavy atom. The number of nitrogens with one attached hydrogen (secondary N) is 2. The van der Waals surface area contributed by atoms with E-state index in [2.05, 4.69) is 15.5 Å². The van der Waals surface area contributed by atoms with Crippen molar-refractivity contribution in [3.8, 4) is 11.5 Å².